The third kappa shape index (κ3) is 2.51. The molecule has 92 valence electrons. The molecule has 1 nitrogen and oxygen atoms in total. The van der Waals surface area contributed by atoms with Gasteiger partial charge >= 0.3 is 0 Å². The second kappa shape index (κ2) is 6.45. The molecule has 1 rings (SSSR count). The van der Waals surface area contributed by atoms with Crippen LogP contribution >= 0.6 is 0 Å². The average molecular weight is 237 g/mol. The lowest BCUT2D eigenvalue weighted by molar-refractivity contribution is 0.901. The first kappa shape index (κ1) is 13.8. The average Bonchev–Trinajstić information content (AvgIpc) is 2.64. The molecule has 0 saturated heterocycles. The second-order valence-electron chi connectivity index (χ2n) is 3.75. The first-order chi connectivity index (χ1) is 8.71. The van der Waals surface area contributed by atoms with Crippen LogP contribution in [0.5, 0.6) is 0 Å². The summed E-state index contributed by atoms with van der Waals surface area (Å²) in [5.41, 5.74) is 4.35. The number of hydrogen-bond donors (Lipinski definition) is 0. The van der Waals surface area contributed by atoms with Gasteiger partial charge in [-0.2, -0.15) is 0 Å². The zero-order chi connectivity index (χ0) is 13.5. The van der Waals surface area contributed by atoms with Gasteiger partial charge in [0.15, 0.2) is 0 Å². The molecule has 0 unspecified atom stereocenters. The predicted octanol–water partition coefficient (Wildman–Crippen LogP) is 4.71. The van der Waals surface area contributed by atoms with Crippen molar-refractivity contribution in [2.75, 3.05) is 0 Å². The van der Waals surface area contributed by atoms with E-state index < -0.39 is 0 Å². The van der Waals surface area contributed by atoms with Gasteiger partial charge in [0.1, 0.15) is 0 Å². The molecular weight excluding hydrogens is 218 g/mol. The summed E-state index contributed by atoms with van der Waals surface area (Å²) in [5, 5.41) is 0. The Morgan fingerprint density at radius 3 is 1.44 bits per heavy atom. The molecular formula is C17H19N. The summed E-state index contributed by atoms with van der Waals surface area (Å²) >= 11 is 0. The summed E-state index contributed by atoms with van der Waals surface area (Å²) in [6, 6.07) is 0. The molecule has 0 atom stereocenters. The van der Waals surface area contributed by atoms with Crippen molar-refractivity contribution in [1.82, 2.24) is 4.57 Å². The summed E-state index contributed by atoms with van der Waals surface area (Å²) in [6.07, 6.45) is 15.1. The first-order valence-corrected chi connectivity index (χ1v) is 5.77. The van der Waals surface area contributed by atoms with E-state index in [-0.39, 0.29) is 0 Å². The van der Waals surface area contributed by atoms with Crippen molar-refractivity contribution < 1.29 is 0 Å². The van der Waals surface area contributed by atoms with Crippen molar-refractivity contribution in [1.29, 1.82) is 0 Å². The van der Waals surface area contributed by atoms with Gasteiger partial charge in [-0.15, -0.1) is 0 Å². The Morgan fingerprint density at radius 1 is 0.778 bits per heavy atom. The monoisotopic (exact) mass is 237 g/mol. The predicted molar refractivity (Wildman–Crippen MR) is 84.1 cm³/mol. The van der Waals surface area contributed by atoms with Gasteiger partial charge in [-0.1, -0.05) is 62.8 Å². The number of rotatable bonds is 6. The largest absolute Gasteiger partial charge is 0.344 e. The third-order valence-electron chi connectivity index (χ3n) is 2.75. The highest BCUT2D eigenvalue weighted by Gasteiger charge is 2.12. The maximum absolute atomic E-state index is 3.87. The Balaban J connectivity index is 3.60. The maximum Gasteiger partial charge on any atom is 0.0482 e. The van der Waals surface area contributed by atoms with Crippen LogP contribution in [0.15, 0.2) is 50.6 Å². The highest BCUT2D eigenvalue weighted by Crippen LogP contribution is 2.27. The standard InChI is InChI=1S/C17H19N/c1-6-10-12-14-15(13-11-7-2)17(9-4)18(5)16(14)8-3/h6-13H,1-4H2,5H3/b12-10-,13-11-. The van der Waals surface area contributed by atoms with Crippen molar-refractivity contribution in [2.24, 2.45) is 7.05 Å². The van der Waals surface area contributed by atoms with Crippen LogP contribution in [0.25, 0.3) is 24.3 Å². The molecule has 0 radical (unpaired) electrons. The van der Waals surface area contributed by atoms with Gasteiger partial charge in [0.05, 0.1) is 0 Å². The maximum atomic E-state index is 3.87. The zero-order valence-electron chi connectivity index (χ0n) is 10.9. The fourth-order valence-electron chi connectivity index (χ4n) is 1.94. The van der Waals surface area contributed by atoms with Crippen LogP contribution < -0.4 is 0 Å². The molecule has 1 aromatic rings. The quantitative estimate of drug-likeness (QED) is 0.631. The molecule has 0 spiro atoms. The number of hydrogen-bond acceptors (Lipinski definition) is 0. The molecule has 0 aromatic carbocycles. The van der Waals surface area contributed by atoms with E-state index >= 15 is 0 Å². The van der Waals surface area contributed by atoms with Gasteiger partial charge in [-0.3, -0.25) is 0 Å². The van der Waals surface area contributed by atoms with Crippen LogP contribution in [-0.2, 0) is 7.05 Å². The Hall–Kier alpha value is -2.28. The molecule has 0 saturated carbocycles. The topological polar surface area (TPSA) is 4.93 Å². The summed E-state index contributed by atoms with van der Waals surface area (Å²) in [4.78, 5) is 0. The van der Waals surface area contributed by atoms with E-state index in [1.807, 2.05) is 43.5 Å². The molecule has 0 aliphatic rings. The van der Waals surface area contributed by atoms with Crippen LogP contribution in [0, 0.1) is 0 Å². The minimum atomic E-state index is 1.06. The number of nitrogens with zero attached hydrogens (tertiary/aromatic N) is 1. The molecule has 0 bridgehead atoms. The van der Waals surface area contributed by atoms with Crippen molar-refractivity contribution in [2.45, 2.75) is 0 Å². The molecule has 0 N–H and O–H groups in total. The lowest BCUT2D eigenvalue weighted by Gasteiger charge is -2.00. The van der Waals surface area contributed by atoms with Gasteiger partial charge in [-0.25, -0.2) is 0 Å². The van der Waals surface area contributed by atoms with Gasteiger partial charge in [0.25, 0.3) is 0 Å². The minimum Gasteiger partial charge on any atom is -0.344 e. The lowest BCUT2D eigenvalue weighted by Crippen LogP contribution is -1.93. The van der Waals surface area contributed by atoms with E-state index in [2.05, 4.69) is 30.9 Å². The molecule has 18 heavy (non-hydrogen) atoms. The van der Waals surface area contributed by atoms with Crippen LogP contribution in [0.1, 0.15) is 22.5 Å². The molecule has 0 aliphatic heterocycles. The number of aromatic nitrogens is 1. The van der Waals surface area contributed by atoms with Crippen molar-refractivity contribution in [3.63, 3.8) is 0 Å². The third-order valence-corrected chi connectivity index (χ3v) is 2.75. The SMILES string of the molecule is C=C/C=C\c1c(/C=C\C=C)c(C=C)n(C)c1C=C. The molecule has 0 amide bonds. The molecule has 1 heterocycles. The number of allylic oxidation sites excluding steroid dienone is 4. The van der Waals surface area contributed by atoms with Gasteiger partial charge in [0, 0.05) is 29.6 Å². The first-order valence-electron chi connectivity index (χ1n) is 5.77. The highest BCUT2D eigenvalue weighted by molar-refractivity contribution is 5.79. The Labute approximate surface area is 109 Å². The smallest absolute Gasteiger partial charge is 0.0482 e. The molecule has 0 fully saturated rings. The van der Waals surface area contributed by atoms with Crippen molar-refractivity contribution in [3.8, 4) is 0 Å². The summed E-state index contributed by atoms with van der Waals surface area (Å²) < 4.78 is 2.07. The molecule has 1 aromatic heterocycles. The van der Waals surface area contributed by atoms with Gasteiger partial charge < -0.3 is 4.57 Å². The van der Waals surface area contributed by atoms with Crippen LogP contribution in [0.3, 0.4) is 0 Å². The fourth-order valence-corrected chi connectivity index (χ4v) is 1.94. The highest BCUT2D eigenvalue weighted by atomic mass is 15.0. The van der Waals surface area contributed by atoms with E-state index in [1.165, 1.54) is 0 Å². The Bertz CT molecular complexity index is 489. The van der Waals surface area contributed by atoms with E-state index in [4.69, 9.17) is 0 Å². The normalized spacial score (nSPS) is 10.9. The van der Waals surface area contributed by atoms with E-state index in [1.54, 1.807) is 12.2 Å². The van der Waals surface area contributed by atoms with Crippen LogP contribution in [0.4, 0.5) is 0 Å². The summed E-state index contributed by atoms with van der Waals surface area (Å²) in [7, 11) is 2.00. The Morgan fingerprint density at radius 2 is 1.17 bits per heavy atom. The Kier molecular flexibility index (Phi) is 4.94. The van der Waals surface area contributed by atoms with E-state index in [0.717, 1.165) is 22.5 Å². The fraction of sp³-hybridized carbons (Fsp3) is 0.0588. The summed E-state index contributed by atoms with van der Waals surface area (Å²) in [5.74, 6) is 0. The van der Waals surface area contributed by atoms with E-state index in [0.29, 0.717) is 0 Å². The van der Waals surface area contributed by atoms with Crippen LogP contribution in [0.2, 0.25) is 0 Å². The molecule has 1 heteroatoms. The minimum absolute atomic E-state index is 1.06. The van der Waals surface area contributed by atoms with Gasteiger partial charge in [-0.05, 0) is 12.2 Å². The van der Waals surface area contributed by atoms with Crippen molar-refractivity contribution >= 4 is 24.3 Å². The lowest BCUT2D eigenvalue weighted by atomic mass is 10.1. The van der Waals surface area contributed by atoms with Gasteiger partial charge in [0.2, 0.25) is 0 Å². The summed E-state index contributed by atoms with van der Waals surface area (Å²) in [6.45, 7) is 15.1. The molecule has 0 aliphatic carbocycles. The zero-order valence-corrected chi connectivity index (χ0v) is 10.9. The van der Waals surface area contributed by atoms with Crippen LogP contribution in [-0.4, -0.2) is 4.57 Å². The van der Waals surface area contributed by atoms with Crippen molar-refractivity contribution in [3.05, 3.63) is 73.1 Å². The van der Waals surface area contributed by atoms with E-state index in [9.17, 15) is 0 Å². The second-order valence-corrected chi connectivity index (χ2v) is 3.75.